The lowest BCUT2D eigenvalue weighted by Gasteiger charge is -2.13. The summed E-state index contributed by atoms with van der Waals surface area (Å²) < 4.78 is 13.9. The number of fused-ring (bicyclic) bond motifs is 1. The van der Waals surface area contributed by atoms with Crippen molar-refractivity contribution in [2.75, 3.05) is 6.61 Å². The summed E-state index contributed by atoms with van der Waals surface area (Å²) >= 11 is 3.43. The van der Waals surface area contributed by atoms with Gasteiger partial charge in [-0.15, -0.1) is 0 Å². The van der Waals surface area contributed by atoms with Crippen molar-refractivity contribution in [3.8, 4) is 11.5 Å². The molecule has 0 amide bonds. The number of rotatable bonds is 11. The molecule has 4 aromatic rings. The molecule has 0 aliphatic rings. The van der Waals surface area contributed by atoms with Crippen LogP contribution in [0.4, 0.5) is 0 Å². The fourth-order valence-electron chi connectivity index (χ4n) is 3.83. The second kappa shape index (κ2) is 12.5. The largest absolute Gasteiger partial charge is 0.490 e. The van der Waals surface area contributed by atoms with Gasteiger partial charge >= 0.3 is 5.97 Å². The van der Waals surface area contributed by atoms with Gasteiger partial charge < -0.3 is 14.6 Å². The molecule has 0 saturated carbocycles. The van der Waals surface area contributed by atoms with Crippen molar-refractivity contribution in [3.05, 3.63) is 98.0 Å². The third-order valence-electron chi connectivity index (χ3n) is 5.81. The fraction of sp³-hybridized carbons (Fsp3) is 0.241. The van der Waals surface area contributed by atoms with Gasteiger partial charge in [-0.3, -0.25) is 4.79 Å². The molecule has 196 valence electrons. The summed E-state index contributed by atoms with van der Waals surface area (Å²) in [6.45, 7) is 4.66. The van der Waals surface area contributed by atoms with Gasteiger partial charge in [-0.1, -0.05) is 41.4 Å². The Kier molecular flexibility index (Phi) is 8.91. The number of aromatic carboxylic acids is 1. The maximum Gasteiger partial charge on any atom is 0.335 e. The molecule has 0 saturated heterocycles. The number of carboxylic acids is 1. The molecule has 0 bridgehead atoms. The molecule has 0 unspecified atom stereocenters. The summed E-state index contributed by atoms with van der Waals surface area (Å²) in [5.41, 5.74) is 2.21. The maximum atomic E-state index is 13.3. The molecule has 0 spiro atoms. The molecule has 0 radical (unpaired) electrons. The normalized spacial score (nSPS) is 11.2. The van der Waals surface area contributed by atoms with E-state index in [4.69, 9.17) is 19.6 Å². The van der Waals surface area contributed by atoms with E-state index in [-0.39, 0.29) is 17.7 Å². The average molecular weight is 578 g/mol. The minimum atomic E-state index is -0.972. The van der Waals surface area contributed by atoms with Crippen LogP contribution in [0.25, 0.3) is 10.9 Å². The fourth-order valence-corrected chi connectivity index (χ4v) is 4.19. The monoisotopic (exact) mass is 577 g/mol. The number of carbonyl (C=O) groups is 1. The molecule has 38 heavy (non-hydrogen) atoms. The number of aromatic nitrogens is 2. The first-order chi connectivity index (χ1) is 18.4. The molecule has 4 rings (SSSR count). The van der Waals surface area contributed by atoms with E-state index in [9.17, 15) is 9.59 Å². The van der Waals surface area contributed by atoms with Gasteiger partial charge in [0.1, 0.15) is 12.4 Å². The zero-order valence-electron chi connectivity index (χ0n) is 21.2. The second-order valence-corrected chi connectivity index (χ2v) is 9.50. The van der Waals surface area contributed by atoms with Crippen LogP contribution in [0, 0.1) is 0 Å². The summed E-state index contributed by atoms with van der Waals surface area (Å²) in [6.07, 6.45) is 4.11. The summed E-state index contributed by atoms with van der Waals surface area (Å²) in [5.74, 6) is 0.726. The summed E-state index contributed by atoms with van der Waals surface area (Å²) in [7, 11) is 0. The number of benzene rings is 3. The molecule has 9 heteroatoms. The zero-order valence-corrected chi connectivity index (χ0v) is 22.8. The van der Waals surface area contributed by atoms with Crippen LogP contribution in [0.3, 0.4) is 0 Å². The summed E-state index contributed by atoms with van der Waals surface area (Å²) in [5, 5.41) is 14.1. The number of halogens is 1. The number of hydrogen-bond donors (Lipinski definition) is 1. The van der Waals surface area contributed by atoms with Crippen molar-refractivity contribution < 1.29 is 19.4 Å². The van der Waals surface area contributed by atoms with Gasteiger partial charge in [-0.2, -0.15) is 9.78 Å². The highest BCUT2D eigenvalue weighted by atomic mass is 79.9. The summed E-state index contributed by atoms with van der Waals surface area (Å²) in [6, 6.07) is 17.4. The van der Waals surface area contributed by atoms with Crippen molar-refractivity contribution >= 4 is 39.0 Å². The molecule has 8 nitrogen and oxygen atoms in total. The van der Waals surface area contributed by atoms with Crippen LogP contribution in [0.2, 0.25) is 0 Å². The van der Waals surface area contributed by atoms with E-state index in [1.165, 1.54) is 4.68 Å². The first-order valence-corrected chi connectivity index (χ1v) is 13.2. The molecule has 0 aliphatic carbocycles. The third-order valence-corrected chi connectivity index (χ3v) is 6.31. The SMILES string of the molecule is CCCCc1nc2ccc(Br)cc2c(=O)n1N=Cc1ccc(OCc2ccc(C(=O)O)cc2)c(OCC)c1. The molecule has 1 aromatic heterocycles. The van der Waals surface area contributed by atoms with Gasteiger partial charge in [0, 0.05) is 10.9 Å². The minimum absolute atomic E-state index is 0.221. The van der Waals surface area contributed by atoms with Gasteiger partial charge in [0.15, 0.2) is 11.5 Å². The predicted octanol–water partition coefficient (Wildman–Crippen LogP) is 6.06. The van der Waals surface area contributed by atoms with Crippen LogP contribution >= 0.6 is 15.9 Å². The quantitative estimate of drug-likeness (QED) is 0.217. The average Bonchev–Trinajstić information content (AvgIpc) is 2.91. The van der Waals surface area contributed by atoms with E-state index in [2.05, 4.69) is 28.0 Å². The first kappa shape index (κ1) is 27.1. The molecule has 0 fully saturated rings. The standard InChI is InChI=1S/C29H28BrN3O5/c1-3-5-6-27-32-24-13-12-22(30)16-23(24)28(34)33(27)31-17-20-9-14-25(26(15-20)37-4-2)38-18-19-7-10-21(11-8-19)29(35)36/h7-17H,3-6,18H2,1-2H3,(H,35,36). The van der Waals surface area contributed by atoms with Crippen LogP contribution in [0.15, 0.2) is 75.0 Å². The van der Waals surface area contributed by atoms with Gasteiger partial charge in [0.25, 0.3) is 5.56 Å². The Hall–Kier alpha value is -3.98. The van der Waals surface area contributed by atoms with E-state index >= 15 is 0 Å². The first-order valence-electron chi connectivity index (χ1n) is 12.4. The van der Waals surface area contributed by atoms with E-state index in [1.807, 2.05) is 25.1 Å². The molecule has 1 heterocycles. The van der Waals surface area contributed by atoms with Crippen LogP contribution in [0.1, 0.15) is 54.0 Å². The molecule has 0 atom stereocenters. The Bertz CT molecular complexity index is 1530. The Morgan fingerprint density at radius 1 is 1.05 bits per heavy atom. The Labute approximate surface area is 228 Å². The number of carboxylic acid groups (broad SMARTS) is 1. The maximum absolute atomic E-state index is 13.3. The third kappa shape index (κ3) is 6.47. The molecule has 1 N–H and O–H groups in total. The molecular weight excluding hydrogens is 550 g/mol. The Morgan fingerprint density at radius 3 is 2.55 bits per heavy atom. The highest BCUT2D eigenvalue weighted by Gasteiger charge is 2.12. The lowest BCUT2D eigenvalue weighted by Crippen LogP contribution is -2.22. The van der Waals surface area contributed by atoms with Crippen LogP contribution < -0.4 is 15.0 Å². The highest BCUT2D eigenvalue weighted by Crippen LogP contribution is 2.29. The number of unbranched alkanes of at least 4 members (excludes halogenated alkanes) is 1. The number of hydrogen-bond acceptors (Lipinski definition) is 6. The molecular formula is C29H28BrN3O5. The van der Waals surface area contributed by atoms with Gasteiger partial charge in [0.2, 0.25) is 0 Å². The molecule has 3 aromatic carbocycles. The lowest BCUT2D eigenvalue weighted by atomic mass is 10.1. The smallest absolute Gasteiger partial charge is 0.335 e. The van der Waals surface area contributed by atoms with Gasteiger partial charge in [-0.05, 0) is 73.0 Å². The van der Waals surface area contributed by atoms with Crippen molar-refractivity contribution in [3.63, 3.8) is 0 Å². The molecule has 0 aliphatic heterocycles. The van der Waals surface area contributed by atoms with E-state index in [0.29, 0.717) is 41.3 Å². The zero-order chi connectivity index (χ0) is 27.1. The lowest BCUT2D eigenvalue weighted by molar-refractivity contribution is 0.0697. The Balaban J connectivity index is 1.60. The van der Waals surface area contributed by atoms with Crippen molar-refractivity contribution in [2.24, 2.45) is 5.10 Å². The minimum Gasteiger partial charge on any atom is -0.490 e. The van der Waals surface area contributed by atoms with E-state index in [0.717, 1.165) is 28.4 Å². The topological polar surface area (TPSA) is 103 Å². The highest BCUT2D eigenvalue weighted by molar-refractivity contribution is 9.10. The number of nitrogens with zero attached hydrogens (tertiary/aromatic N) is 3. The number of ether oxygens (including phenoxy) is 2. The Morgan fingerprint density at radius 2 is 1.84 bits per heavy atom. The van der Waals surface area contributed by atoms with Crippen LogP contribution in [-0.2, 0) is 13.0 Å². The predicted molar refractivity (Wildman–Crippen MR) is 151 cm³/mol. The van der Waals surface area contributed by atoms with Crippen molar-refractivity contribution in [1.82, 2.24) is 9.66 Å². The van der Waals surface area contributed by atoms with Crippen LogP contribution in [-0.4, -0.2) is 33.6 Å². The van der Waals surface area contributed by atoms with E-state index < -0.39 is 5.97 Å². The van der Waals surface area contributed by atoms with Crippen molar-refractivity contribution in [1.29, 1.82) is 0 Å². The summed E-state index contributed by atoms with van der Waals surface area (Å²) in [4.78, 5) is 29.1. The van der Waals surface area contributed by atoms with Crippen LogP contribution in [0.5, 0.6) is 11.5 Å². The van der Waals surface area contributed by atoms with E-state index in [1.54, 1.807) is 48.7 Å². The van der Waals surface area contributed by atoms with Crippen molar-refractivity contribution in [2.45, 2.75) is 39.7 Å². The second-order valence-electron chi connectivity index (χ2n) is 8.58. The van der Waals surface area contributed by atoms with Gasteiger partial charge in [-0.25, -0.2) is 9.78 Å². The van der Waals surface area contributed by atoms with Gasteiger partial charge in [0.05, 0.1) is 29.3 Å². The number of aryl methyl sites for hydroxylation is 1.